The Morgan fingerprint density at radius 2 is 1.31 bits per heavy atom. The molecule has 0 atom stereocenters. The van der Waals surface area contributed by atoms with Gasteiger partial charge < -0.3 is 0 Å². The van der Waals surface area contributed by atoms with Gasteiger partial charge in [0.05, 0.1) is 16.6 Å². The predicted molar refractivity (Wildman–Crippen MR) is 144 cm³/mol. The molecule has 2 aliphatic carbocycles. The standard InChI is InChI=1S/C33H20N2/c1-3-9-22-20(8-1)18-27-24(22)15-16-25-26-14-13-21-17-19-7-2-4-10-23(19)30(21)32(26)35-29-12-6-5-11-28(29)34-33(35)31(25)27/h1-16H,17-18H2. The number of benzene rings is 5. The van der Waals surface area contributed by atoms with Gasteiger partial charge in [0.15, 0.2) is 0 Å². The van der Waals surface area contributed by atoms with Gasteiger partial charge >= 0.3 is 0 Å². The van der Waals surface area contributed by atoms with E-state index in [4.69, 9.17) is 4.98 Å². The molecule has 2 aromatic heterocycles. The highest BCUT2D eigenvalue weighted by molar-refractivity contribution is 6.20. The zero-order chi connectivity index (χ0) is 22.7. The molecule has 0 spiro atoms. The average Bonchev–Trinajstić information content (AvgIpc) is 3.59. The largest absolute Gasteiger partial charge is 0.291 e. The van der Waals surface area contributed by atoms with Crippen LogP contribution in [0.25, 0.3) is 60.6 Å². The number of rotatable bonds is 0. The molecule has 2 aliphatic rings. The van der Waals surface area contributed by atoms with Gasteiger partial charge in [-0.2, -0.15) is 0 Å². The Labute approximate surface area is 202 Å². The SMILES string of the molecule is c1ccc2c(c1)Cc1c-2ccc2c3ccc4c(c3n3c5ccccc5nc3c12)-c1ccccc1C4. The molecule has 2 nitrogen and oxygen atoms in total. The summed E-state index contributed by atoms with van der Waals surface area (Å²) in [6, 6.07) is 35.7. The summed E-state index contributed by atoms with van der Waals surface area (Å²) in [6.07, 6.45) is 1.95. The summed E-state index contributed by atoms with van der Waals surface area (Å²) in [4.78, 5) is 5.28. The van der Waals surface area contributed by atoms with E-state index in [0.717, 1.165) is 24.0 Å². The number of pyridine rings is 1. The molecule has 0 fully saturated rings. The first-order valence-corrected chi connectivity index (χ1v) is 12.3. The first-order valence-electron chi connectivity index (χ1n) is 12.3. The fourth-order valence-electron chi connectivity index (χ4n) is 6.77. The van der Waals surface area contributed by atoms with Crippen LogP contribution in [0.3, 0.4) is 0 Å². The molecule has 0 amide bonds. The van der Waals surface area contributed by atoms with Gasteiger partial charge in [-0.15, -0.1) is 0 Å². The third kappa shape index (κ3) is 2.14. The summed E-state index contributed by atoms with van der Waals surface area (Å²) in [7, 11) is 0. The van der Waals surface area contributed by atoms with Crippen molar-refractivity contribution in [2.24, 2.45) is 0 Å². The zero-order valence-electron chi connectivity index (χ0n) is 19.0. The van der Waals surface area contributed by atoms with E-state index in [9.17, 15) is 0 Å². The van der Waals surface area contributed by atoms with Crippen LogP contribution in [0.2, 0.25) is 0 Å². The Morgan fingerprint density at radius 3 is 2.23 bits per heavy atom. The van der Waals surface area contributed by atoms with Crippen molar-refractivity contribution in [2.45, 2.75) is 12.8 Å². The number of aromatic nitrogens is 2. The highest BCUT2D eigenvalue weighted by atomic mass is 15.0. The van der Waals surface area contributed by atoms with Crippen molar-refractivity contribution in [1.82, 2.24) is 9.38 Å². The number of hydrogen-bond acceptors (Lipinski definition) is 1. The molecule has 0 unspecified atom stereocenters. The lowest BCUT2D eigenvalue weighted by molar-refractivity contribution is 1.25. The monoisotopic (exact) mass is 444 g/mol. The first kappa shape index (κ1) is 18.0. The van der Waals surface area contributed by atoms with Crippen molar-refractivity contribution in [3.05, 3.63) is 119 Å². The van der Waals surface area contributed by atoms with E-state index in [0.29, 0.717) is 0 Å². The van der Waals surface area contributed by atoms with Gasteiger partial charge in [0.1, 0.15) is 5.65 Å². The summed E-state index contributed by atoms with van der Waals surface area (Å²) in [5.41, 5.74) is 15.7. The summed E-state index contributed by atoms with van der Waals surface area (Å²) in [5.74, 6) is 0. The number of fused-ring (bicyclic) bond motifs is 16. The van der Waals surface area contributed by atoms with E-state index in [-0.39, 0.29) is 0 Å². The molecule has 0 saturated carbocycles. The molecule has 7 aromatic rings. The molecule has 0 saturated heterocycles. The predicted octanol–water partition coefficient (Wildman–Crippen LogP) is 7.94. The van der Waals surface area contributed by atoms with E-state index in [1.54, 1.807) is 0 Å². The molecule has 5 aromatic carbocycles. The van der Waals surface area contributed by atoms with Crippen molar-refractivity contribution >= 4 is 38.4 Å². The summed E-state index contributed by atoms with van der Waals surface area (Å²) >= 11 is 0. The van der Waals surface area contributed by atoms with Crippen LogP contribution < -0.4 is 0 Å². The number of imidazole rings is 1. The maximum absolute atomic E-state index is 5.28. The minimum atomic E-state index is 0.959. The normalized spacial score (nSPS) is 13.5. The molecule has 2 heterocycles. The molecule has 0 N–H and O–H groups in total. The highest BCUT2D eigenvalue weighted by Gasteiger charge is 2.27. The molecule has 0 radical (unpaired) electrons. The Hall–Kier alpha value is -4.43. The van der Waals surface area contributed by atoms with Crippen molar-refractivity contribution in [1.29, 1.82) is 0 Å². The van der Waals surface area contributed by atoms with E-state index in [1.165, 1.54) is 71.7 Å². The first-order chi connectivity index (χ1) is 17.4. The van der Waals surface area contributed by atoms with Crippen molar-refractivity contribution in [2.75, 3.05) is 0 Å². The van der Waals surface area contributed by atoms with Crippen LogP contribution in [0.5, 0.6) is 0 Å². The van der Waals surface area contributed by atoms with Crippen LogP contribution in [0.4, 0.5) is 0 Å². The molecular formula is C33H20N2. The lowest BCUT2D eigenvalue weighted by atomic mass is 9.94. The summed E-state index contributed by atoms with van der Waals surface area (Å²) in [6.45, 7) is 0. The topological polar surface area (TPSA) is 17.3 Å². The van der Waals surface area contributed by atoms with Gasteiger partial charge in [0.2, 0.25) is 0 Å². The Bertz CT molecular complexity index is 2060. The molecule has 0 aliphatic heterocycles. The van der Waals surface area contributed by atoms with Crippen LogP contribution in [-0.4, -0.2) is 9.38 Å². The zero-order valence-corrected chi connectivity index (χ0v) is 19.0. The Morgan fingerprint density at radius 1 is 0.571 bits per heavy atom. The van der Waals surface area contributed by atoms with Gasteiger partial charge in [0, 0.05) is 16.3 Å². The lowest BCUT2D eigenvalue weighted by Gasteiger charge is -2.16. The highest BCUT2D eigenvalue weighted by Crippen LogP contribution is 2.47. The number of nitrogens with zero attached hydrogens (tertiary/aromatic N) is 2. The van der Waals surface area contributed by atoms with Gasteiger partial charge in [-0.05, 0) is 69.3 Å². The number of hydrogen-bond donors (Lipinski definition) is 0. The summed E-state index contributed by atoms with van der Waals surface area (Å²) in [5, 5.41) is 3.92. The second kappa shape index (κ2) is 6.17. The van der Waals surface area contributed by atoms with Crippen LogP contribution in [0, 0.1) is 0 Å². The minimum Gasteiger partial charge on any atom is -0.291 e. The van der Waals surface area contributed by atoms with Crippen LogP contribution in [0.15, 0.2) is 97.1 Å². The van der Waals surface area contributed by atoms with Gasteiger partial charge in [0.25, 0.3) is 0 Å². The molecule has 0 bridgehead atoms. The second-order valence-corrected chi connectivity index (χ2v) is 9.94. The van der Waals surface area contributed by atoms with Gasteiger partial charge in [-0.25, -0.2) is 4.98 Å². The fraction of sp³-hybridized carbons (Fsp3) is 0.0606. The van der Waals surface area contributed by atoms with Crippen molar-refractivity contribution in [3.8, 4) is 22.3 Å². The average molecular weight is 445 g/mol. The Balaban J connectivity index is 1.56. The quantitative estimate of drug-likeness (QED) is 0.217. The van der Waals surface area contributed by atoms with E-state index in [2.05, 4.69) is 101 Å². The van der Waals surface area contributed by atoms with Crippen molar-refractivity contribution in [3.63, 3.8) is 0 Å². The second-order valence-electron chi connectivity index (χ2n) is 9.94. The van der Waals surface area contributed by atoms with E-state index in [1.807, 2.05) is 0 Å². The minimum absolute atomic E-state index is 0.959. The van der Waals surface area contributed by atoms with Crippen LogP contribution >= 0.6 is 0 Å². The summed E-state index contributed by atoms with van der Waals surface area (Å²) < 4.78 is 2.46. The van der Waals surface area contributed by atoms with Crippen LogP contribution in [-0.2, 0) is 12.8 Å². The lowest BCUT2D eigenvalue weighted by Crippen LogP contribution is -1.97. The molecule has 9 rings (SSSR count). The van der Waals surface area contributed by atoms with Crippen molar-refractivity contribution < 1.29 is 0 Å². The van der Waals surface area contributed by atoms with Gasteiger partial charge in [-0.1, -0.05) is 84.9 Å². The van der Waals surface area contributed by atoms with Crippen LogP contribution in [0.1, 0.15) is 22.3 Å². The third-order valence-corrected chi connectivity index (χ3v) is 8.22. The fourth-order valence-corrected chi connectivity index (χ4v) is 6.77. The molecule has 35 heavy (non-hydrogen) atoms. The van der Waals surface area contributed by atoms with E-state index >= 15 is 0 Å². The molecule has 2 heteroatoms. The maximum atomic E-state index is 5.28. The maximum Gasteiger partial charge on any atom is 0.146 e. The molecular weight excluding hydrogens is 424 g/mol. The smallest absolute Gasteiger partial charge is 0.146 e. The van der Waals surface area contributed by atoms with E-state index < -0.39 is 0 Å². The number of para-hydroxylation sites is 2. The Kier molecular flexibility index (Phi) is 3.16. The third-order valence-electron chi connectivity index (χ3n) is 8.22. The molecule has 162 valence electrons. The van der Waals surface area contributed by atoms with Gasteiger partial charge in [-0.3, -0.25) is 4.40 Å².